The van der Waals surface area contributed by atoms with E-state index >= 15 is 0 Å². The molecule has 2 N–H and O–H groups in total. The average Bonchev–Trinajstić information content (AvgIpc) is 2.86. The van der Waals surface area contributed by atoms with Gasteiger partial charge in [-0.05, 0) is 30.6 Å². The first-order valence-corrected chi connectivity index (χ1v) is 8.44. The van der Waals surface area contributed by atoms with Crippen molar-refractivity contribution in [3.05, 3.63) is 0 Å². The molecule has 0 aliphatic carbocycles. The van der Waals surface area contributed by atoms with Crippen LogP contribution >= 0.6 is 23.5 Å². The van der Waals surface area contributed by atoms with Gasteiger partial charge < -0.3 is 15.3 Å². The van der Waals surface area contributed by atoms with Gasteiger partial charge >= 0.3 is 12.0 Å². The number of carboxylic acid groups (broad SMARTS) is 1. The molecule has 0 bridgehead atoms. The maximum atomic E-state index is 11.9. The van der Waals surface area contributed by atoms with Crippen LogP contribution in [0.2, 0.25) is 0 Å². The molecule has 1 rings (SSSR count). The largest absolute Gasteiger partial charge is 0.480 e. The third-order valence-electron chi connectivity index (χ3n) is 2.98. The van der Waals surface area contributed by atoms with E-state index in [0.29, 0.717) is 6.42 Å². The molecule has 0 aromatic carbocycles. The molecule has 18 heavy (non-hydrogen) atoms. The van der Waals surface area contributed by atoms with Crippen LogP contribution in [-0.4, -0.2) is 64.7 Å². The molecule has 0 aromatic heterocycles. The summed E-state index contributed by atoms with van der Waals surface area (Å²) in [6.45, 7) is 0. The van der Waals surface area contributed by atoms with Crippen molar-refractivity contribution < 1.29 is 14.7 Å². The van der Waals surface area contributed by atoms with Gasteiger partial charge in [0.2, 0.25) is 0 Å². The van der Waals surface area contributed by atoms with Crippen molar-refractivity contribution in [2.75, 3.05) is 30.6 Å². The molecule has 1 heterocycles. The zero-order chi connectivity index (χ0) is 13.5. The van der Waals surface area contributed by atoms with Crippen molar-refractivity contribution in [1.82, 2.24) is 10.2 Å². The summed E-state index contributed by atoms with van der Waals surface area (Å²) in [5.41, 5.74) is 0. The molecule has 0 spiro atoms. The summed E-state index contributed by atoms with van der Waals surface area (Å²) in [6, 6.07) is -0.845. The lowest BCUT2D eigenvalue weighted by Gasteiger charge is -2.26. The Balaban J connectivity index is 2.46. The third-order valence-corrected chi connectivity index (χ3v) is 4.77. The predicted molar refractivity (Wildman–Crippen MR) is 76.4 cm³/mol. The molecule has 2 unspecified atom stereocenters. The van der Waals surface area contributed by atoms with Gasteiger partial charge in [-0.1, -0.05) is 0 Å². The Morgan fingerprint density at radius 3 is 2.83 bits per heavy atom. The van der Waals surface area contributed by atoms with Gasteiger partial charge in [0, 0.05) is 18.8 Å². The fourth-order valence-corrected chi connectivity index (χ4v) is 3.48. The Bertz CT molecular complexity index is 296. The van der Waals surface area contributed by atoms with Crippen molar-refractivity contribution in [2.24, 2.45) is 0 Å². The topological polar surface area (TPSA) is 69.6 Å². The normalized spacial score (nSPS) is 20.4. The van der Waals surface area contributed by atoms with Gasteiger partial charge in [0.15, 0.2) is 0 Å². The van der Waals surface area contributed by atoms with Gasteiger partial charge in [-0.15, -0.1) is 0 Å². The van der Waals surface area contributed by atoms with Crippen molar-refractivity contribution in [2.45, 2.75) is 24.9 Å². The molecular formula is C11H20N2O3S2. The second kappa shape index (κ2) is 7.78. The van der Waals surface area contributed by atoms with E-state index in [1.54, 1.807) is 23.7 Å². The molecule has 0 aromatic rings. The van der Waals surface area contributed by atoms with Crippen molar-refractivity contribution in [1.29, 1.82) is 0 Å². The standard InChI is InChI=1S/C11H20N2O3S2/c1-13(8-3-6-18-7-8)11(16)12-9(10(14)15)4-5-17-2/h8-9H,3-7H2,1-2H3,(H,12,16)(H,14,15). The Morgan fingerprint density at radius 2 is 2.33 bits per heavy atom. The van der Waals surface area contributed by atoms with E-state index < -0.39 is 12.0 Å². The van der Waals surface area contributed by atoms with Crippen LogP contribution in [0, 0.1) is 0 Å². The van der Waals surface area contributed by atoms with E-state index in [1.807, 2.05) is 18.0 Å². The molecule has 0 radical (unpaired) electrons. The molecular weight excluding hydrogens is 272 g/mol. The van der Waals surface area contributed by atoms with Crippen molar-refractivity contribution in [3.8, 4) is 0 Å². The highest BCUT2D eigenvalue weighted by molar-refractivity contribution is 7.99. The molecule has 104 valence electrons. The summed E-state index contributed by atoms with van der Waals surface area (Å²) in [5.74, 6) is 1.76. The van der Waals surface area contributed by atoms with E-state index in [1.165, 1.54) is 0 Å². The van der Waals surface area contributed by atoms with Crippen LogP contribution in [0.3, 0.4) is 0 Å². The minimum Gasteiger partial charge on any atom is -0.480 e. The van der Waals surface area contributed by atoms with E-state index in [2.05, 4.69) is 5.32 Å². The number of carbonyl (C=O) groups excluding carboxylic acids is 1. The van der Waals surface area contributed by atoms with Gasteiger partial charge in [0.1, 0.15) is 6.04 Å². The minimum absolute atomic E-state index is 0.227. The first-order valence-electron chi connectivity index (χ1n) is 5.89. The monoisotopic (exact) mass is 292 g/mol. The van der Waals surface area contributed by atoms with Crippen LogP contribution < -0.4 is 5.32 Å². The number of amides is 2. The van der Waals surface area contributed by atoms with Crippen molar-refractivity contribution in [3.63, 3.8) is 0 Å². The molecule has 2 amide bonds. The van der Waals surface area contributed by atoms with Gasteiger partial charge in [0.25, 0.3) is 0 Å². The lowest BCUT2D eigenvalue weighted by Crippen LogP contribution is -2.50. The Morgan fingerprint density at radius 1 is 1.61 bits per heavy atom. The molecule has 2 atom stereocenters. The van der Waals surface area contributed by atoms with Crippen molar-refractivity contribution >= 4 is 35.5 Å². The summed E-state index contributed by atoms with van der Waals surface area (Å²) in [5, 5.41) is 11.6. The molecule has 1 fully saturated rings. The van der Waals surface area contributed by atoms with Crippen LogP contribution in [0.5, 0.6) is 0 Å². The van der Waals surface area contributed by atoms with Gasteiger partial charge in [-0.3, -0.25) is 0 Å². The molecule has 1 aliphatic heterocycles. The van der Waals surface area contributed by atoms with E-state index in [0.717, 1.165) is 23.7 Å². The van der Waals surface area contributed by atoms with Crippen LogP contribution in [0.4, 0.5) is 4.79 Å². The molecule has 5 nitrogen and oxygen atoms in total. The van der Waals surface area contributed by atoms with E-state index in [4.69, 9.17) is 5.11 Å². The number of urea groups is 1. The molecule has 0 saturated carbocycles. The highest BCUT2D eigenvalue weighted by atomic mass is 32.2. The summed E-state index contributed by atoms with van der Waals surface area (Å²) in [4.78, 5) is 24.6. The second-order valence-corrected chi connectivity index (χ2v) is 6.39. The van der Waals surface area contributed by atoms with Gasteiger partial charge in [0.05, 0.1) is 0 Å². The number of nitrogens with one attached hydrogen (secondary N) is 1. The Kier molecular flexibility index (Phi) is 6.70. The number of hydrogen-bond acceptors (Lipinski definition) is 4. The number of thioether (sulfide) groups is 2. The zero-order valence-electron chi connectivity index (χ0n) is 10.7. The zero-order valence-corrected chi connectivity index (χ0v) is 12.4. The fraction of sp³-hybridized carbons (Fsp3) is 0.818. The lowest BCUT2D eigenvalue weighted by molar-refractivity contribution is -0.139. The highest BCUT2D eigenvalue weighted by Gasteiger charge is 2.27. The van der Waals surface area contributed by atoms with Gasteiger partial charge in [-0.25, -0.2) is 9.59 Å². The molecule has 1 saturated heterocycles. The maximum Gasteiger partial charge on any atom is 0.326 e. The number of carbonyl (C=O) groups is 2. The summed E-state index contributed by atoms with van der Waals surface area (Å²) in [6.07, 6.45) is 3.36. The summed E-state index contributed by atoms with van der Waals surface area (Å²) < 4.78 is 0. The quantitative estimate of drug-likeness (QED) is 0.773. The fourth-order valence-electron chi connectivity index (χ4n) is 1.74. The van der Waals surface area contributed by atoms with Gasteiger partial charge in [-0.2, -0.15) is 23.5 Å². The molecule has 7 heteroatoms. The number of nitrogens with zero attached hydrogens (tertiary/aromatic N) is 1. The van der Waals surface area contributed by atoms with Crippen LogP contribution in [0.25, 0.3) is 0 Å². The first kappa shape index (κ1) is 15.5. The minimum atomic E-state index is -0.966. The summed E-state index contributed by atoms with van der Waals surface area (Å²) in [7, 11) is 1.74. The summed E-state index contributed by atoms with van der Waals surface area (Å²) >= 11 is 3.40. The Hall–Kier alpha value is -0.560. The number of rotatable bonds is 6. The smallest absolute Gasteiger partial charge is 0.326 e. The van der Waals surface area contributed by atoms with Crippen LogP contribution in [-0.2, 0) is 4.79 Å². The van der Waals surface area contributed by atoms with Crippen LogP contribution in [0.1, 0.15) is 12.8 Å². The first-order chi connectivity index (χ1) is 8.56. The van der Waals surface area contributed by atoms with Crippen LogP contribution in [0.15, 0.2) is 0 Å². The maximum absolute atomic E-state index is 11.9. The van der Waals surface area contributed by atoms with E-state index in [-0.39, 0.29) is 12.1 Å². The number of hydrogen-bond donors (Lipinski definition) is 2. The average molecular weight is 292 g/mol. The second-order valence-electron chi connectivity index (χ2n) is 4.25. The highest BCUT2D eigenvalue weighted by Crippen LogP contribution is 2.21. The SMILES string of the molecule is CSCCC(NC(=O)N(C)C1CCSC1)C(=O)O. The number of aliphatic carboxylic acids is 1. The lowest BCUT2D eigenvalue weighted by atomic mass is 10.2. The third kappa shape index (κ3) is 4.61. The Labute approximate surface area is 116 Å². The number of carboxylic acids is 1. The predicted octanol–water partition coefficient (Wildman–Crippen LogP) is 1.34. The van der Waals surface area contributed by atoms with E-state index in [9.17, 15) is 9.59 Å². The molecule has 1 aliphatic rings.